The number of pyridine rings is 1. The van der Waals surface area contributed by atoms with E-state index in [2.05, 4.69) is 10.3 Å². The van der Waals surface area contributed by atoms with Gasteiger partial charge in [0.25, 0.3) is 0 Å². The summed E-state index contributed by atoms with van der Waals surface area (Å²) in [7, 11) is 1.81. The molecule has 0 aromatic carbocycles. The van der Waals surface area contributed by atoms with Crippen LogP contribution in [-0.4, -0.2) is 37.3 Å². The lowest BCUT2D eigenvalue weighted by Crippen LogP contribution is -2.43. The smallest absolute Gasteiger partial charge is 0.170 e. The highest BCUT2D eigenvalue weighted by Gasteiger charge is 2.35. The van der Waals surface area contributed by atoms with Crippen LogP contribution in [0.25, 0.3) is 0 Å². The summed E-state index contributed by atoms with van der Waals surface area (Å²) in [6.45, 7) is 2.03. The standard InChI is InChI=1S/C13H18FN3O/c1-15-6-9-4-5-16-13(12(9)14)17-7-10-2-3-11(8-17)18-10/h4-5,10-11,15H,2-3,6-8H2,1H3. The Morgan fingerprint density at radius 2 is 2.17 bits per heavy atom. The average molecular weight is 251 g/mol. The fraction of sp³-hybridized carbons (Fsp3) is 0.615. The van der Waals surface area contributed by atoms with E-state index in [-0.39, 0.29) is 18.0 Å². The molecule has 0 amide bonds. The predicted molar refractivity (Wildman–Crippen MR) is 67.1 cm³/mol. The minimum absolute atomic E-state index is 0.201. The molecule has 0 aliphatic carbocycles. The Balaban J connectivity index is 1.85. The second-order valence-corrected chi connectivity index (χ2v) is 5.00. The summed E-state index contributed by atoms with van der Waals surface area (Å²) < 4.78 is 20.1. The van der Waals surface area contributed by atoms with E-state index < -0.39 is 0 Å². The van der Waals surface area contributed by atoms with Gasteiger partial charge in [0.05, 0.1) is 12.2 Å². The molecule has 1 N–H and O–H groups in total. The van der Waals surface area contributed by atoms with E-state index in [1.54, 1.807) is 12.3 Å². The van der Waals surface area contributed by atoms with Gasteiger partial charge in [0, 0.05) is 31.4 Å². The molecule has 3 heterocycles. The number of rotatable bonds is 3. The van der Waals surface area contributed by atoms with Crippen LogP contribution in [0, 0.1) is 5.82 Å². The van der Waals surface area contributed by atoms with Gasteiger partial charge in [-0.15, -0.1) is 0 Å². The predicted octanol–water partition coefficient (Wildman–Crippen LogP) is 1.31. The Hall–Kier alpha value is -1.20. The van der Waals surface area contributed by atoms with Gasteiger partial charge in [-0.1, -0.05) is 0 Å². The monoisotopic (exact) mass is 251 g/mol. The first-order chi connectivity index (χ1) is 8.78. The molecule has 2 atom stereocenters. The SMILES string of the molecule is CNCc1ccnc(N2CC3CCC(C2)O3)c1F. The quantitative estimate of drug-likeness (QED) is 0.879. The van der Waals surface area contributed by atoms with Crippen molar-refractivity contribution in [2.24, 2.45) is 0 Å². The average Bonchev–Trinajstić information content (AvgIpc) is 2.71. The minimum atomic E-state index is -0.201. The van der Waals surface area contributed by atoms with E-state index in [1.807, 2.05) is 11.9 Å². The Labute approximate surface area is 106 Å². The molecule has 2 bridgehead atoms. The van der Waals surface area contributed by atoms with Crippen LogP contribution in [0.3, 0.4) is 0 Å². The lowest BCUT2D eigenvalue weighted by atomic mass is 10.2. The molecule has 2 aliphatic rings. The van der Waals surface area contributed by atoms with Crippen molar-refractivity contribution >= 4 is 5.82 Å². The molecule has 2 saturated heterocycles. The van der Waals surface area contributed by atoms with Gasteiger partial charge in [0.1, 0.15) is 0 Å². The molecule has 0 radical (unpaired) electrons. The number of anilines is 1. The maximum Gasteiger partial charge on any atom is 0.170 e. The Bertz CT molecular complexity index is 428. The van der Waals surface area contributed by atoms with Gasteiger partial charge in [-0.2, -0.15) is 0 Å². The molecular formula is C13H18FN3O. The molecule has 3 rings (SSSR count). The zero-order valence-electron chi connectivity index (χ0n) is 10.5. The van der Waals surface area contributed by atoms with Crippen LogP contribution in [0.15, 0.2) is 12.3 Å². The number of fused-ring (bicyclic) bond motifs is 2. The lowest BCUT2D eigenvalue weighted by molar-refractivity contribution is 0.0300. The highest BCUT2D eigenvalue weighted by atomic mass is 19.1. The van der Waals surface area contributed by atoms with Gasteiger partial charge in [0.2, 0.25) is 0 Å². The molecule has 5 heteroatoms. The van der Waals surface area contributed by atoms with Crippen molar-refractivity contribution in [1.29, 1.82) is 0 Å². The number of nitrogens with zero attached hydrogens (tertiary/aromatic N) is 2. The van der Waals surface area contributed by atoms with Crippen molar-refractivity contribution in [2.75, 3.05) is 25.0 Å². The Morgan fingerprint density at radius 3 is 2.83 bits per heavy atom. The summed E-state index contributed by atoms with van der Waals surface area (Å²) in [5.41, 5.74) is 0.668. The molecular weight excluding hydrogens is 233 g/mol. The Morgan fingerprint density at radius 1 is 1.44 bits per heavy atom. The van der Waals surface area contributed by atoms with Crippen LogP contribution >= 0.6 is 0 Å². The maximum atomic E-state index is 14.3. The van der Waals surface area contributed by atoms with Crippen molar-refractivity contribution in [3.8, 4) is 0 Å². The summed E-state index contributed by atoms with van der Waals surface area (Å²) in [4.78, 5) is 6.24. The third kappa shape index (κ3) is 2.08. The van der Waals surface area contributed by atoms with E-state index in [0.717, 1.165) is 25.9 Å². The molecule has 98 valence electrons. The number of aromatic nitrogens is 1. The van der Waals surface area contributed by atoms with Crippen molar-refractivity contribution < 1.29 is 9.13 Å². The molecule has 2 fully saturated rings. The first-order valence-corrected chi connectivity index (χ1v) is 6.46. The summed E-state index contributed by atoms with van der Waals surface area (Å²) in [5, 5.41) is 2.97. The van der Waals surface area contributed by atoms with E-state index in [4.69, 9.17) is 4.74 Å². The van der Waals surface area contributed by atoms with E-state index in [1.165, 1.54) is 0 Å². The van der Waals surface area contributed by atoms with Gasteiger partial charge in [-0.3, -0.25) is 0 Å². The van der Waals surface area contributed by atoms with Crippen LogP contribution in [0.1, 0.15) is 18.4 Å². The van der Waals surface area contributed by atoms with Crippen molar-refractivity contribution in [3.05, 3.63) is 23.6 Å². The largest absolute Gasteiger partial charge is 0.371 e. The molecule has 1 aromatic heterocycles. The third-order valence-electron chi connectivity index (χ3n) is 3.66. The van der Waals surface area contributed by atoms with Crippen LogP contribution in [-0.2, 0) is 11.3 Å². The summed E-state index contributed by atoms with van der Waals surface area (Å²) in [6, 6.07) is 1.73. The lowest BCUT2D eigenvalue weighted by Gasteiger charge is -2.33. The number of morpholine rings is 1. The molecule has 2 aliphatic heterocycles. The molecule has 0 spiro atoms. The minimum Gasteiger partial charge on any atom is -0.371 e. The van der Waals surface area contributed by atoms with Crippen LogP contribution in [0.4, 0.5) is 10.2 Å². The van der Waals surface area contributed by atoms with Gasteiger partial charge in [0.15, 0.2) is 11.6 Å². The van der Waals surface area contributed by atoms with Crippen molar-refractivity contribution in [3.63, 3.8) is 0 Å². The van der Waals surface area contributed by atoms with E-state index in [0.29, 0.717) is 17.9 Å². The van der Waals surface area contributed by atoms with Crippen molar-refractivity contribution in [2.45, 2.75) is 31.6 Å². The fourth-order valence-electron chi connectivity index (χ4n) is 2.81. The topological polar surface area (TPSA) is 37.4 Å². The molecule has 4 nitrogen and oxygen atoms in total. The van der Waals surface area contributed by atoms with Crippen LogP contribution in [0.5, 0.6) is 0 Å². The number of hydrogen-bond acceptors (Lipinski definition) is 4. The number of halogens is 1. The summed E-state index contributed by atoms with van der Waals surface area (Å²) >= 11 is 0. The van der Waals surface area contributed by atoms with Crippen molar-refractivity contribution in [1.82, 2.24) is 10.3 Å². The van der Waals surface area contributed by atoms with Gasteiger partial charge < -0.3 is 15.0 Å². The number of hydrogen-bond donors (Lipinski definition) is 1. The second-order valence-electron chi connectivity index (χ2n) is 5.00. The van der Waals surface area contributed by atoms with Gasteiger partial charge in [-0.05, 0) is 26.0 Å². The first-order valence-electron chi connectivity index (χ1n) is 6.46. The number of nitrogens with one attached hydrogen (secondary N) is 1. The Kier molecular flexibility index (Phi) is 3.18. The first kappa shape index (κ1) is 11.9. The molecule has 0 saturated carbocycles. The van der Waals surface area contributed by atoms with E-state index >= 15 is 0 Å². The van der Waals surface area contributed by atoms with Gasteiger partial charge in [-0.25, -0.2) is 9.37 Å². The second kappa shape index (κ2) is 4.82. The summed E-state index contributed by atoms with van der Waals surface area (Å²) in [6.07, 6.45) is 4.34. The molecule has 1 aromatic rings. The molecule has 2 unspecified atom stereocenters. The zero-order valence-corrected chi connectivity index (χ0v) is 10.5. The highest BCUT2D eigenvalue weighted by molar-refractivity contribution is 5.44. The van der Waals surface area contributed by atoms with Crippen LogP contribution < -0.4 is 10.2 Å². The highest BCUT2D eigenvalue weighted by Crippen LogP contribution is 2.30. The fourth-order valence-corrected chi connectivity index (χ4v) is 2.81. The normalized spacial score (nSPS) is 26.7. The van der Waals surface area contributed by atoms with Gasteiger partial charge >= 0.3 is 0 Å². The summed E-state index contributed by atoms with van der Waals surface area (Å²) in [5.74, 6) is 0.274. The maximum absolute atomic E-state index is 14.3. The number of ether oxygens (including phenoxy) is 1. The third-order valence-corrected chi connectivity index (χ3v) is 3.66. The molecule has 18 heavy (non-hydrogen) atoms. The van der Waals surface area contributed by atoms with E-state index in [9.17, 15) is 4.39 Å². The zero-order chi connectivity index (χ0) is 12.5. The van der Waals surface area contributed by atoms with Crippen LogP contribution in [0.2, 0.25) is 0 Å².